The zero-order valence-electron chi connectivity index (χ0n) is 7.11. The largest absolute Gasteiger partial charge is 0.351 e. The highest BCUT2D eigenvalue weighted by Gasteiger charge is 2.11. The first-order valence-corrected chi connectivity index (χ1v) is 3.63. The van der Waals surface area contributed by atoms with Gasteiger partial charge in [0.2, 0.25) is 0 Å². The number of hydrogen-bond donors (Lipinski definition) is 1. The van der Waals surface area contributed by atoms with E-state index in [0.29, 0.717) is 11.6 Å². The molecule has 1 N–H and O–H groups in total. The summed E-state index contributed by atoms with van der Waals surface area (Å²) in [6, 6.07) is 0.133. The third kappa shape index (κ3) is 1.13. The lowest BCUT2D eigenvalue weighted by molar-refractivity contribution is 0.395. The van der Waals surface area contributed by atoms with Crippen LogP contribution >= 0.6 is 0 Å². The summed E-state index contributed by atoms with van der Waals surface area (Å²) in [6.45, 7) is 3.34. The van der Waals surface area contributed by atoms with Crippen LogP contribution < -0.4 is 5.69 Å². The molecule has 0 amide bonds. The van der Waals surface area contributed by atoms with Gasteiger partial charge in [0.15, 0.2) is 5.82 Å². The van der Waals surface area contributed by atoms with Crippen LogP contribution in [0.3, 0.4) is 0 Å². The molecule has 13 heavy (non-hydrogen) atoms. The first kappa shape index (κ1) is 7.71. The highest BCUT2D eigenvalue weighted by molar-refractivity contribution is 5.07. The van der Waals surface area contributed by atoms with Crippen LogP contribution in [0.1, 0.15) is 11.6 Å². The molecule has 0 aliphatic rings. The van der Waals surface area contributed by atoms with Gasteiger partial charge in [0, 0.05) is 0 Å². The predicted molar refractivity (Wildman–Crippen MR) is 41.5 cm³/mol. The molecule has 0 bridgehead atoms. The van der Waals surface area contributed by atoms with Gasteiger partial charge in [0.05, 0.1) is 0 Å². The monoisotopic (exact) mass is 181 g/mol. The number of aromatic nitrogens is 5. The lowest BCUT2D eigenvalue weighted by Gasteiger charge is -1.90. The Kier molecular flexibility index (Phi) is 1.51. The Morgan fingerprint density at radius 1 is 1.46 bits per heavy atom. The highest BCUT2D eigenvalue weighted by Crippen LogP contribution is 2.01. The molecule has 0 aliphatic carbocycles. The first-order valence-electron chi connectivity index (χ1n) is 3.63. The number of aromatic amines is 1. The van der Waals surface area contributed by atoms with E-state index in [1.807, 2.05) is 0 Å². The Morgan fingerprint density at radius 3 is 2.69 bits per heavy atom. The second-order valence-electron chi connectivity index (χ2n) is 2.54. The molecule has 7 nitrogen and oxygen atoms in total. The van der Waals surface area contributed by atoms with Crippen molar-refractivity contribution in [2.24, 2.45) is 0 Å². The van der Waals surface area contributed by atoms with Gasteiger partial charge in [0.25, 0.3) is 0 Å². The van der Waals surface area contributed by atoms with Gasteiger partial charge in [-0.25, -0.2) is 9.89 Å². The van der Waals surface area contributed by atoms with Crippen LogP contribution in [0.2, 0.25) is 0 Å². The van der Waals surface area contributed by atoms with Crippen molar-refractivity contribution in [2.45, 2.75) is 13.8 Å². The lowest BCUT2D eigenvalue weighted by atomic mass is 10.7. The second-order valence-corrected chi connectivity index (χ2v) is 2.54. The van der Waals surface area contributed by atoms with Crippen LogP contribution in [0.25, 0.3) is 6.01 Å². The molecule has 0 fully saturated rings. The summed E-state index contributed by atoms with van der Waals surface area (Å²) >= 11 is 0. The van der Waals surface area contributed by atoms with Crippen LogP contribution in [-0.4, -0.2) is 24.9 Å². The van der Waals surface area contributed by atoms with Crippen molar-refractivity contribution in [3.05, 3.63) is 22.1 Å². The van der Waals surface area contributed by atoms with Gasteiger partial charge >= 0.3 is 11.7 Å². The standard InChI is InChI=1S/C6H7N5O2/c1-3-7-6(13-10-3)11-4(2)8-9-5(11)12/h1-2H3,(H,9,12). The number of H-pyrrole nitrogens is 1. The van der Waals surface area contributed by atoms with E-state index in [2.05, 4.69) is 20.3 Å². The summed E-state index contributed by atoms with van der Waals surface area (Å²) in [5.41, 5.74) is -0.388. The summed E-state index contributed by atoms with van der Waals surface area (Å²) in [5.74, 6) is 0.955. The fraction of sp³-hybridized carbons (Fsp3) is 0.333. The van der Waals surface area contributed by atoms with Crippen LogP contribution in [0.5, 0.6) is 0 Å². The van der Waals surface area contributed by atoms with Crippen molar-refractivity contribution in [1.29, 1.82) is 0 Å². The Morgan fingerprint density at radius 2 is 2.23 bits per heavy atom. The van der Waals surface area contributed by atoms with Gasteiger partial charge in [-0.3, -0.25) is 0 Å². The number of hydrogen-bond acceptors (Lipinski definition) is 5. The van der Waals surface area contributed by atoms with Gasteiger partial charge < -0.3 is 4.52 Å². The third-order valence-electron chi connectivity index (χ3n) is 1.55. The van der Waals surface area contributed by atoms with Gasteiger partial charge in [0.1, 0.15) is 5.82 Å². The average molecular weight is 181 g/mol. The molecular formula is C6H7N5O2. The number of aryl methyl sites for hydroxylation is 2. The van der Waals surface area contributed by atoms with Crippen LogP contribution in [0.15, 0.2) is 9.32 Å². The topological polar surface area (TPSA) is 89.6 Å². The molecule has 0 unspecified atom stereocenters. The maximum atomic E-state index is 11.2. The van der Waals surface area contributed by atoms with E-state index in [4.69, 9.17) is 4.52 Å². The van der Waals surface area contributed by atoms with E-state index in [1.54, 1.807) is 13.8 Å². The van der Waals surface area contributed by atoms with Gasteiger partial charge in [-0.1, -0.05) is 5.16 Å². The molecular weight excluding hydrogens is 174 g/mol. The average Bonchev–Trinajstić information content (AvgIpc) is 2.60. The maximum Gasteiger partial charge on any atom is 0.351 e. The minimum atomic E-state index is -0.388. The van der Waals surface area contributed by atoms with Crippen molar-refractivity contribution in [1.82, 2.24) is 24.9 Å². The molecule has 2 aromatic rings. The molecule has 7 heteroatoms. The molecule has 0 radical (unpaired) electrons. The predicted octanol–water partition coefficient (Wildman–Crippen LogP) is -0.440. The Hall–Kier alpha value is -1.92. The SMILES string of the molecule is Cc1noc(-n2c(C)n[nH]c2=O)n1. The van der Waals surface area contributed by atoms with E-state index >= 15 is 0 Å². The van der Waals surface area contributed by atoms with E-state index in [-0.39, 0.29) is 11.7 Å². The normalized spacial score (nSPS) is 10.6. The van der Waals surface area contributed by atoms with E-state index in [9.17, 15) is 4.79 Å². The molecule has 0 spiro atoms. The Bertz CT molecular complexity index is 479. The summed E-state index contributed by atoms with van der Waals surface area (Å²) < 4.78 is 6.02. The molecule has 0 aliphatic heterocycles. The summed E-state index contributed by atoms with van der Waals surface area (Å²) in [4.78, 5) is 15.1. The number of rotatable bonds is 1. The van der Waals surface area contributed by atoms with E-state index < -0.39 is 0 Å². The van der Waals surface area contributed by atoms with E-state index in [0.717, 1.165) is 0 Å². The molecule has 2 rings (SSSR count). The zero-order chi connectivity index (χ0) is 9.42. The van der Waals surface area contributed by atoms with Crippen molar-refractivity contribution < 1.29 is 4.52 Å². The van der Waals surface area contributed by atoms with Crippen LogP contribution in [0.4, 0.5) is 0 Å². The smallest absolute Gasteiger partial charge is 0.314 e. The van der Waals surface area contributed by atoms with Crippen molar-refractivity contribution in [3.8, 4) is 6.01 Å². The minimum Gasteiger partial charge on any atom is -0.314 e. The molecule has 0 aromatic carbocycles. The maximum absolute atomic E-state index is 11.2. The minimum absolute atomic E-state index is 0.133. The van der Waals surface area contributed by atoms with Crippen molar-refractivity contribution in [2.75, 3.05) is 0 Å². The third-order valence-corrected chi connectivity index (χ3v) is 1.55. The lowest BCUT2D eigenvalue weighted by Crippen LogP contribution is -2.16. The fourth-order valence-electron chi connectivity index (χ4n) is 0.978. The molecule has 0 saturated carbocycles. The van der Waals surface area contributed by atoms with Crippen molar-refractivity contribution in [3.63, 3.8) is 0 Å². The molecule has 0 atom stereocenters. The molecule has 68 valence electrons. The van der Waals surface area contributed by atoms with Gasteiger partial charge in [-0.05, 0) is 13.8 Å². The van der Waals surface area contributed by atoms with Gasteiger partial charge in [-0.2, -0.15) is 14.6 Å². The summed E-state index contributed by atoms with van der Waals surface area (Å²) in [7, 11) is 0. The van der Waals surface area contributed by atoms with Gasteiger partial charge in [-0.15, -0.1) is 0 Å². The summed E-state index contributed by atoms with van der Waals surface area (Å²) in [6.07, 6.45) is 0. The van der Waals surface area contributed by atoms with E-state index in [1.165, 1.54) is 4.57 Å². The van der Waals surface area contributed by atoms with Crippen molar-refractivity contribution >= 4 is 0 Å². The zero-order valence-corrected chi connectivity index (χ0v) is 7.11. The first-order chi connectivity index (χ1) is 6.18. The number of nitrogens with zero attached hydrogens (tertiary/aromatic N) is 4. The molecule has 2 aromatic heterocycles. The Balaban J connectivity index is 2.64. The highest BCUT2D eigenvalue weighted by atomic mass is 16.5. The summed E-state index contributed by atoms with van der Waals surface area (Å²) in [5, 5.41) is 9.54. The Labute approximate surface area is 72.4 Å². The molecule has 0 saturated heterocycles. The molecule has 2 heterocycles. The second kappa shape index (κ2) is 2.54. The number of nitrogens with one attached hydrogen (secondary N) is 1. The van der Waals surface area contributed by atoms with Crippen LogP contribution in [0, 0.1) is 13.8 Å². The van der Waals surface area contributed by atoms with Crippen LogP contribution in [-0.2, 0) is 0 Å². The fourth-order valence-corrected chi connectivity index (χ4v) is 0.978. The quantitative estimate of drug-likeness (QED) is 0.644.